The van der Waals surface area contributed by atoms with Crippen LogP contribution in [0.5, 0.6) is 5.75 Å². The van der Waals surface area contributed by atoms with Gasteiger partial charge in [0.2, 0.25) is 17.6 Å². The molecule has 2 amide bonds. The number of hydrogen-bond donors (Lipinski definition) is 0. The van der Waals surface area contributed by atoms with Gasteiger partial charge in [0.25, 0.3) is 0 Å². The number of carbonyl (C=O) groups is 3. The van der Waals surface area contributed by atoms with Gasteiger partial charge in [-0.2, -0.15) is 0 Å². The van der Waals surface area contributed by atoms with Crippen LogP contribution in [0, 0.1) is 11.8 Å². The SMILES string of the molecule is C[C@@H](Oc1ccccc1N1C(=O)[C@H]2CC=CC[C@@H]2C1=O)C(=O)c1ccccc1. The maximum absolute atomic E-state index is 12.9. The smallest absolute Gasteiger partial charge is 0.238 e. The van der Waals surface area contributed by atoms with E-state index >= 15 is 0 Å². The summed E-state index contributed by atoms with van der Waals surface area (Å²) in [4.78, 5) is 39.7. The number of anilines is 1. The number of para-hydroxylation sites is 2. The third-order valence-corrected chi connectivity index (χ3v) is 5.35. The summed E-state index contributed by atoms with van der Waals surface area (Å²) in [6.07, 6.45) is 4.33. The van der Waals surface area contributed by atoms with E-state index < -0.39 is 6.10 Å². The Balaban J connectivity index is 1.60. The van der Waals surface area contributed by atoms with Gasteiger partial charge in [0.05, 0.1) is 17.5 Å². The number of hydrogen-bond acceptors (Lipinski definition) is 4. The largest absolute Gasteiger partial charge is 0.480 e. The number of imide groups is 1. The van der Waals surface area contributed by atoms with Gasteiger partial charge in [0.1, 0.15) is 5.75 Å². The van der Waals surface area contributed by atoms with Gasteiger partial charge >= 0.3 is 0 Å². The van der Waals surface area contributed by atoms with E-state index in [4.69, 9.17) is 4.74 Å². The van der Waals surface area contributed by atoms with Crippen molar-refractivity contribution in [1.29, 1.82) is 0 Å². The lowest BCUT2D eigenvalue weighted by Gasteiger charge is -2.21. The molecule has 1 aliphatic heterocycles. The van der Waals surface area contributed by atoms with Gasteiger partial charge in [-0.05, 0) is 31.9 Å². The lowest BCUT2D eigenvalue weighted by atomic mass is 9.85. The summed E-state index contributed by atoms with van der Waals surface area (Å²) in [5.74, 6) is -0.822. The predicted molar refractivity (Wildman–Crippen MR) is 105 cm³/mol. The molecular formula is C23H21NO4. The molecule has 2 aromatic carbocycles. The molecule has 5 nitrogen and oxygen atoms in total. The first-order valence-corrected chi connectivity index (χ1v) is 9.45. The molecule has 1 heterocycles. The molecule has 0 aromatic heterocycles. The van der Waals surface area contributed by atoms with E-state index in [-0.39, 0.29) is 29.4 Å². The number of nitrogens with zero attached hydrogens (tertiary/aromatic N) is 1. The van der Waals surface area contributed by atoms with Gasteiger partial charge < -0.3 is 4.74 Å². The highest BCUT2D eigenvalue weighted by Crippen LogP contribution is 2.40. The average molecular weight is 375 g/mol. The zero-order valence-corrected chi connectivity index (χ0v) is 15.6. The monoisotopic (exact) mass is 375 g/mol. The molecule has 28 heavy (non-hydrogen) atoms. The predicted octanol–water partition coefficient (Wildman–Crippen LogP) is 3.79. The first-order chi connectivity index (χ1) is 13.6. The van der Waals surface area contributed by atoms with Gasteiger partial charge in [-0.15, -0.1) is 0 Å². The van der Waals surface area contributed by atoms with Crippen molar-refractivity contribution in [1.82, 2.24) is 0 Å². The molecule has 0 radical (unpaired) electrons. The summed E-state index contributed by atoms with van der Waals surface area (Å²) in [5, 5.41) is 0. The number of ketones is 1. The summed E-state index contributed by atoms with van der Waals surface area (Å²) >= 11 is 0. The van der Waals surface area contributed by atoms with E-state index in [9.17, 15) is 14.4 Å². The summed E-state index contributed by atoms with van der Waals surface area (Å²) in [6, 6.07) is 15.8. The number of rotatable bonds is 5. The first kappa shape index (κ1) is 18.2. The van der Waals surface area contributed by atoms with Gasteiger partial charge in [-0.3, -0.25) is 14.4 Å². The molecular weight excluding hydrogens is 354 g/mol. The van der Waals surface area contributed by atoms with E-state index in [1.165, 1.54) is 4.90 Å². The molecule has 2 aliphatic rings. The number of fused-ring (bicyclic) bond motifs is 1. The van der Waals surface area contributed by atoms with Gasteiger partial charge in [0.15, 0.2) is 6.10 Å². The van der Waals surface area contributed by atoms with E-state index in [0.29, 0.717) is 29.8 Å². The number of amides is 2. The number of benzene rings is 2. The standard InChI is InChI=1S/C23H21NO4/c1-15(21(25)16-9-3-2-4-10-16)28-20-14-8-7-13-19(20)24-22(26)17-11-5-6-12-18(17)23(24)27/h2-10,13-15,17-18H,11-12H2,1H3/t15-,17+,18+/m1/s1. The van der Waals surface area contributed by atoms with Crippen molar-refractivity contribution in [3.8, 4) is 5.75 Å². The third-order valence-electron chi connectivity index (χ3n) is 5.35. The zero-order valence-electron chi connectivity index (χ0n) is 15.6. The number of carbonyl (C=O) groups excluding carboxylic acids is 3. The maximum atomic E-state index is 12.9. The fourth-order valence-electron chi connectivity index (χ4n) is 3.86. The van der Waals surface area contributed by atoms with E-state index in [0.717, 1.165) is 0 Å². The highest BCUT2D eigenvalue weighted by Gasteiger charge is 2.48. The molecule has 0 bridgehead atoms. The Kier molecular flexibility index (Phi) is 4.82. The Labute approximate surface area is 163 Å². The molecule has 0 unspecified atom stereocenters. The summed E-state index contributed by atoms with van der Waals surface area (Å²) in [6.45, 7) is 1.67. The topological polar surface area (TPSA) is 63.7 Å². The quantitative estimate of drug-likeness (QED) is 0.453. The van der Waals surface area contributed by atoms with Crippen LogP contribution in [0.2, 0.25) is 0 Å². The van der Waals surface area contributed by atoms with E-state index in [1.807, 2.05) is 18.2 Å². The highest BCUT2D eigenvalue weighted by atomic mass is 16.5. The summed E-state index contributed by atoms with van der Waals surface area (Å²) in [7, 11) is 0. The Morgan fingerprint density at radius 1 is 0.929 bits per heavy atom. The van der Waals surface area contributed by atoms with Crippen LogP contribution in [0.15, 0.2) is 66.7 Å². The van der Waals surface area contributed by atoms with Crippen molar-refractivity contribution in [3.05, 3.63) is 72.3 Å². The van der Waals surface area contributed by atoms with Gasteiger partial charge in [-0.25, -0.2) is 4.90 Å². The second-order valence-corrected chi connectivity index (χ2v) is 7.13. The minimum Gasteiger partial charge on any atom is -0.480 e. The van der Waals surface area contributed by atoms with Crippen LogP contribution < -0.4 is 9.64 Å². The molecule has 1 fully saturated rings. The molecule has 5 heteroatoms. The molecule has 0 N–H and O–H groups in total. The lowest BCUT2D eigenvalue weighted by Crippen LogP contribution is -2.32. The Bertz CT molecular complexity index is 924. The van der Waals surface area contributed by atoms with Crippen LogP contribution in [0.1, 0.15) is 30.1 Å². The van der Waals surface area contributed by atoms with E-state index in [1.54, 1.807) is 55.5 Å². The highest BCUT2D eigenvalue weighted by molar-refractivity contribution is 6.22. The fraction of sp³-hybridized carbons (Fsp3) is 0.261. The van der Waals surface area contributed by atoms with Crippen LogP contribution >= 0.6 is 0 Å². The van der Waals surface area contributed by atoms with Crippen molar-refractivity contribution in [2.75, 3.05) is 4.90 Å². The zero-order chi connectivity index (χ0) is 19.7. The van der Waals surface area contributed by atoms with Crippen molar-refractivity contribution >= 4 is 23.3 Å². The Morgan fingerprint density at radius 2 is 1.50 bits per heavy atom. The molecule has 0 saturated carbocycles. The van der Waals surface area contributed by atoms with Crippen LogP contribution in [-0.2, 0) is 9.59 Å². The van der Waals surface area contributed by atoms with Crippen molar-refractivity contribution in [2.24, 2.45) is 11.8 Å². The molecule has 142 valence electrons. The van der Waals surface area contributed by atoms with Crippen molar-refractivity contribution < 1.29 is 19.1 Å². The second-order valence-electron chi connectivity index (χ2n) is 7.13. The maximum Gasteiger partial charge on any atom is 0.238 e. The molecule has 2 aromatic rings. The summed E-state index contributed by atoms with van der Waals surface area (Å²) in [5.41, 5.74) is 0.956. The minimum absolute atomic E-state index is 0.160. The molecule has 0 spiro atoms. The average Bonchev–Trinajstić information content (AvgIpc) is 2.99. The minimum atomic E-state index is -0.750. The van der Waals surface area contributed by atoms with Crippen molar-refractivity contribution in [3.63, 3.8) is 0 Å². The molecule has 3 atom stereocenters. The van der Waals surface area contributed by atoms with Crippen molar-refractivity contribution in [2.45, 2.75) is 25.9 Å². The normalized spacial score (nSPS) is 22.1. The third kappa shape index (κ3) is 3.13. The fourth-order valence-corrected chi connectivity index (χ4v) is 3.86. The number of Topliss-reactive ketones (excluding diaryl/α,β-unsaturated/α-hetero) is 1. The van der Waals surface area contributed by atoms with Gasteiger partial charge in [0, 0.05) is 5.56 Å². The van der Waals surface area contributed by atoms with Crippen LogP contribution in [-0.4, -0.2) is 23.7 Å². The number of ether oxygens (including phenoxy) is 1. The first-order valence-electron chi connectivity index (χ1n) is 9.45. The molecule has 1 aliphatic carbocycles. The Hall–Kier alpha value is -3.21. The Morgan fingerprint density at radius 3 is 2.14 bits per heavy atom. The van der Waals surface area contributed by atoms with Gasteiger partial charge in [-0.1, -0.05) is 54.6 Å². The van der Waals surface area contributed by atoms with Crippen LogP contribution in [0.4, 0.5) is 5.69 Å². The number of allylic oxidation sites excluding steroid dienone is 2. The summed E-state index contributed by atoms with van der Waals surface area (Å²) < 4.78 is 5.91. The van der Waals surface area contributed by atoms with E-state index in [2.05, 4.69) is 0 Å². The second kappa shape index (κ2) is 7.43. The van der Waals surface area contributed by atoms with Crippen LogP contribution in [0.25, 0.3) is 0 Å². The molecule has 4 rings (SSSR count). The lowest BCUT2D eigenvalue weighted by molar-refractivity contribution is -0.122. The van der Waals surface area contributed by atoms with Crippen LogP contribution in [0.3, 0.4) is 0 Å². The molecule has 1 saturated heterocycles.